The zero-order chi connectivity index (χ0) is 19.1. The van der Waals surface area contributed by atoms with E-state index in [4.69, 9.17) is 25.9 Å². The molecular weight excluding hydrogens is 449 g/mol. The van der Waals surface area contributed by atoms with Crippen molar-refractivity contribution in [2.24, 2.45) is 0 Å². The van der Waals surface area contributed by atoms with Crippen molar-refractivity contribution in [3.05, 3.63) is 30.3 Å². The van der Waals surface area contributed by atoms with E-state index in [1.165, 1.54) is 4.46 Å². The molecule has 0 aliphatic rings. The summed E-state index contributed by atoms with van der Waals surface area (Å²) in [4.78, 5) is 0. The third-order valence-electron chi connectivity index (χ3n) is 1.31. The number of alkyl halides is 6. The summed E-state index contributed by atoms with van der Waals surface area (Å²) in [5.41, 5.74) is -11.3. The van der Waals surface area contributed by atoms with Crippen LogP contribution in [0.1, 0.15) is 0 Å². The first-order chi connectivity index (χ1) is 9.89. The van der Waals surface area contributed by atoms with Crippen molar-refractivity contribution >= 4 is 40.7 Å². The van der Waals surface area contributed by atoms with Crippen molar-refractivity contribution in [1.29, 1.82) is 0 Å². The minimum absolute atomic E-state index is 1.20. The summed E-state index contributed by atoms with van der Waals surface area (Å²) in [5.74, 6) is 0. The Morgan fingerprint density at radius 3 is 1.04 bits per heavy atom. The van der Waals surface area contributed by atoms with E-state index in [1.54, 1.807) is 0 Å². The first-order valence-corrected chi connectivity index (χ1v) is 8.33. The molecule has 0 unspecified atom stereocenters. The van der Waals surface area contributed by atoms with Crippen LogP contribution in [-0.4, -0.2) is 53.0 Å². The number of rotatable bonds is 0. The van der Waals surface area contributed by atoms with Gasteiger partial charge in [-0.05, 0) is 0 Å². The predicted octanol–water partition coefficient (Wildman–Crippen LogP) is 0.583. The monoisotopic (exact) mass is 455 g/mol. The Labute approximate surface area is 134 Å². The molecule has 15 heteroatoms. The van der Waals surface area contributed by atoms with Crippen LogP contribution in [0.25, 0.3) is 0 Å². The van der Waals surface area contributed by atoms with Crippen molar-refractivity contribution in [3.63, 3.8) is 0 Å². The van der Waals surface area contributed by atoms with Crippen LogP contribution in [0.3, 0.4) is 0 Å². The molecule has 133 valence electrons. The van der Waals surface area contributed by atoms with Crippen LogP contribution in [0.4, 0.5) is 26.3 Å². The quantitative estimate of drug-likeness (QED) is 0.245. The number of hydrogen-bond acceptors (Lipinski definition) is 6. The van der Waals surface area contributed by atoms with Crippen molar-refractivity contribution in [1.82, 2.24) is 0 Å². The molecule has 6 nitrogen and oxygen atoms in total. The van der Waals surface area contributed by atoms with E-state index in [9.17, 15) is 26.3 Å². The summed E-state index contributed by atoms with van der Waals surface area (Å²) in [5, 5.41) is 0. The molecule has 1 rings (SSSR count). The topological polar surface area (TPSA) is 114 Å². The molecule has 0 N–H and O–H groups in total. The molecule has 0 spiro atoms. The van der Waals surface area contributed by atoms with Crippen LogP contribution in [-0.2, 0) is 20.2 Å². The summed E-state index contributed by atoms with van der Waals surface area (Å²) >= 11 is 2.90. The number of hydrogen-bond donors (Lipinski definition) is 0. The van der Waals surface area contributed by atoms with Gasteiger partial charge in [-0.3, -0.25) is 0 Å². The molecule has 0 aliphatic carbocycles. The molecule has 0 saturated heterocycles. The van der Waals surface area contributed by atoms with Gasteiger partial charge in [0.1, 0.15) is 0 Å². The molecule has 0 fully saturated rings. The fourth-order valence-corrected chi connectivity index (χ4v) is 0.750. The van der Waals surface area contributed by atoms with Gasteiger partial charge in [0.2, 0.25) is 0 Å². The van der Waals surface area contributed by atoms with E-state index in [0.717, 1.165) is 0 Å². The van der Waals surface area contributed by atoms with E-state index in [2.05, 4.69) is 16.0 Å². The standard InChI is InChI=1S/C6H5Se.2CHF3O3S/c7-6-4-2-1-3-5-6;2*2-1(3,4)8(5,6)7/h1-5H;2*(H,5,6,7)/q+2;;/p-2. The normalized spacial score (nSPS) is 12.4. The molecule has 1 aromatic carbocycles. The second-order valence-corrected chi connectivity index (χ2v) is 6.84. The molecule has 0 atom stereocenters. The van der Waals surface area contributed by atoms with Gasteiger partial charge in [0.15, 0.2) is 20.2 Å². The van der Waals surface area contributed by atoms with E-state index in [1.807, 2.05) is 30.3 Å². The Morgan fingerprint density at radius 1 is 0.739 bits per heavy atom. The summed E-state index contributed by atoms with van der Waals surface area (Å²) < 4.78 is 119. The van der Waals surface area contributed by atoms with Crippen LogP contribution in [0, 0.1) is 0 Å². The Morgan fingerprint density at radius 2 is 0.957 bits per heavy atom. The number of halogens is 6. The second-order valence-electron chi connectivity index (χ2n) is 3.11. The van der Waals surface area contributed by atoms with Gasteiger partial charge in [0.25, 0.3) is 0 Å². The van der Waals surface area contributed by atoms with E-state index >= 15 is 0 Å². The SMILES string of the molecule is O=S(=O)([O-])C(F)(F)F.O=S(=O)([O-])C(F)(F)F.[Se+2]c1ccccc1. The van der Waals surface area contributed by atoms with E-state index in [0.29, 0.717) is 0 Å². The molecule has 23 heavy (non-hydrogen) atoms. The van der Waals surface area contributed by atoms with Crippen molar-refractivity contribution in [2.45, 2.75) is 11.0 Å². The Kier molecular flexibility index (Phi) is 9.38. The Hall–Kier alpha value is -0.861. The summed E-state index contributed by atoms with van der Waals surface area (Å²) in [6.45, 7) is 0. The molecule has 3 radical (unpaired) electrons. The van der Waals surface area contributed by atoms with Crippen LogP contribution in [0.2, 0.25) is 0 Å². The average molecular weight is 454 g/mol. The summed E-state index contributed by atoms with van der Waals surface area (Å²) in [7, 11) is -12.2. The molecule has 0 aliphatic heterocycles. The van der Waals surface area contributed by atoms with Crippen LogP contribution < -0.4 is 4.46 Å². The van der Waals surface area contributed by atoms with Gasteiger partial charge in [0, 0.05) is 0 Å². The van der Waals surface area contributed by atoms with Gasteiger partial charge in [-0.15, -0.1) is 0 Å². The number of benzene rings is 1. The minimum atomic E-state index is -6.09. The van der Waals surface area contributed by atoms with E-state index < -0.39 is 31.3 Å². The van der Waals surface area contributed by atoms with Gasteiger partial charge in [0.05, 0.1) is 0 Å². The average Bonchev–Trinajstić information content (AvgIpc) is 2.25. The van der Waals surface area contributed by atoms with Gasteiger partial charge in [-0.25, -0.2) is 16.8 Å². The zero-order valence-electron chi connectivity index (χ0n) is 10.3. The fourth-order valence-electron chi connectivity index (χ4n) is 0.420. The van der Waals surface area contributed by atoms with Gasteiger partial charge in [-0.2, -0.15) is 26.3 Å². The first kappa shape index (κ1) is 24.4. The van der Waals surface area contributed by atoms with Crippen LogP contribution >= 0.6 is 0 Å². The van der Waals surface area contributed by atoms with Crippen LogP contribution in [0.5, 0.6) is 0 Å². The molecular formula is C8H5F6O6S2Se. The van der Waals surface area contributed by atoms with Gasteiger partial charge < -0.3 is 9.11 Å². The molecule has 0 heterocycles. The maximum atomic E-state index is 10.7. The Bertz CT molecular complexity index is 625. The first-order valence-electron chi connectivity index (χ1n) is 4.66. The summed E-state index contributed by atoms with van der Waals surface area (Å²) in [6.07, 6.45) is 0. The molecule has 0 amide bonds. The van der Waals surface area contributed by atoms with Crippen molar-refractivity contribution < 1.29 is 52.3 Å². The zero-order valence-corrected chi connectivity index (χ0v) is 13.7. The Balaban J connectivity index is 0. The molecule has 0 saturated carbocycles. The van der Waals surface area contributed by atoms with Gasteiger partial charge >= 0.3 is 61.8 Å². The third kappa shape index (κ3) is 12.3. The van der Waals surface area contributed by atoms with Gasteiger partial charge in [-0.1, -0.05) is 0 Å². The third-order valence-corrected chi connectivity index (χ3v) is 3.02. The van der Waals surface area contributed by atoms with Crippen LogP contribution in [0.15, 0.2) is 30.3 Å². The van der Waals surface area contributed by atoms with Crippen molar-refractivity contribution in [3.8, 4) is 0 Å². The fraction of sp³-hybridized carbons (Fsp3) is 0.250. The molecule has 0 bridgehead atoms. The molecule has 1 aromatic rings. The van der Waals surface area contributed by atoms with E-state index in [-0.39, 0.29) is 0 Å². The molecule has 0 aromatic heterocycles. The predicted molar refractivity (Wildman–Crippen MR) is 63.3 cm³/mol. The maximum absolute atomic E-state index is 10.7. The second kappa shape index (κ2) is 8.84. The van der Waals surface area contributed by atoms with Crippen molar-refractivity contribution in [2.75, 3.05) is 0 Å². The summed E-state index contributed by atoms with van der Waals surface area (Å²) in [6, 6.07) is 10.1.